The molecule has 0 radical (unpaired) electrons. The molecule has 98 valence electrons. The van der Waals surface area contributed by atoms with Crippen molar-refractivity contribution >= 4 is 28.9 Å². The van der Waals surface area contributed by atoms with Gasteiger partial charge in [-0.15, -0.1) is 0 Å². The minimum Gasteiger partial charge on any atom is -0.495 e. The molecule has 2 aromatic rings. The van der Waals surface area contributed by atoms with Crippen LogP contribution in [0.3, 0.4) is 0 Å². The molecule has 0 heterocycles. The zero-order valence-electron chi connectivity index (χ0n) is 10.3. The van der Waals surface area contributed by atoms with E-state index in [-0.39, 0.29) is 5.91 Å². The number of halogens is 1. The molecule has 0 aliphatic carbocycles. The SMILES string of the molecule is COc1ccc(Cl)cc1NC(=O)c1ccc(N)cc1. The number of nitrogens with two attached hydrogens (primary N) is 1. The molecule has 0 fully saturated rings. The molecule has 3 N–H and O–H groups in total. The lowest BCUT2D eigenvalue weighted by molar-refractivity contribution is 0.102. The largest absolute Gasteiger partial charge is 0.495 e. The number of carbonyl (C=O) groups excluding carboxylic acids is 1. The van der Waals surface area contributed by atoms with Gasteiger partial charge in [0.2, 0.25) is 0 Å². The summed E-state index contributed by atoms with van der Waals surface area (Å²) >= 11 is 5.90. The van der Waals surface area contributed by atoms with Gasteiger partial charge in [-0.2, -0.15) is 0 Å². The summed E-state index contributed by atoms with van der Waals surface area (Å²) in [7, 11) is 1.53. The van der Waals surface area contributed by atoms with Gasteiger partial charge in [0.1, 0.15) is 5.75 Å². The van der Waals surface area contributed by atoms with Gasteiger partial charge in [-0.3, -0.25) is 4.79 Å². The van der Waals surface area contributed by atoms with Crippen molar-refractivity contribution in [1.82, 2.24) is 0 Å². The summed E-state index contributed by atoms with van der Waals surface area (Å²) in [5.41, 5.74) is 7.22. The van der Waals surface area contributed by atoms with Crippen LogP contribution in [0.2, 0.25) is 5.02 Å². The lowest BCUT2D eigenvalue weighted by atomic mass is 10.2. The van der Waals surface area contributed by atoms with E-state index in [0.29, 0.717) is 27.7 Å². The zero-order valence-corrected chi connectivity index (χ0v) is 11.1. The van der Waals surface area contributed by atoms with Crippen LogP contribution in [0.1, 0.15) is 10.4 Å². The smallest absolute Gasteiger partial charge is 0.255 e. The second-order valence-corrected chi connectivity index (χ2v) is 4.36. The van der Waals surface area contributed by atoms with Crippen LogP contribution in [0.5, 0.6) is 5.75 Å². The van der Waals surface area contributed by atoms with Crippen molar-refractivity contribution in [2.24, 2.45) is 0 Å². The second-order valence-electron chi connectivity index (χ2n) is 3.92. The average Bonchev–Trinajstić information content (AvgIpc) is 2.39. The molecule has 0 aliphatic heterocycles. The Hall–Kier alpha value is -2.20. The van der Waals surface area contributed by atoms with E-state index in [0.717, 1.165) is 0 Å². The van der Waals surface area contributed by atoms with Crippen LogP contribution in [-0.4, -0.2) is 13.0 Å². The van der Waals surface area contributed by atoms with Gasteiger partial charge >= 0.3 is 0 Å². The molecule has 0 atom stereocenters. The summed E-state index contributed by atoms with van der Waals surface area (Å²) in [6.45, 7) is 0. The van der Waals surface area contributed by atoms with Gasteiger partial charge in [0.25, 0.3) is 5.91 Å². The van der Waals surface area contributed by atoms with Crippen LogP contribution in [0, 0.1) is 0 Å². The molecule has 0 saturated heterocycles. The van der Waals surface area contributed by atoms with Crippen molar-refractivity contribution in [2.75, 3.05) is 18.2 Å². The number of carbonyl (C=O) groups is 1. The van der Waals surface area contributed by atoms with Crippen molar-refractivity contribution in [2.45, 2.75) is 0 Å². The average molecular weight is 277 g/mol. The van der Waals surface area contributed by atoms with Crippen LogP contribution >= 0.6 is 11.6 Å². The molecule has 0 saturated carbocycles. The molecule has 5 heteroatoms. The highest BCUT2D eigenvalue weighted by Crippen LogP contribution is 2.28. The lowest BCUT2D eigenvalue weighted by Crippen LogP contribution is -2.12. The molecule has 1 amide bonds. The molecule has 0 spiro atoms. The third kappa shape index (κ3) is 3.17. The van der Waals surface area contributed by atoms with Gasteiger partial charge < -0.3 is 15.8 Å². The van der Waals surface area contributed by atoms with E-state index < -0.39 is 0 Å². The summed E-state index contributed by atoms with van der Waals surface area (Å²) in [4.78, 5) is 12.1. The number of benzene rings is 2. The van der Waals surface area contributed by atoms with E-state index in [1.807, 2.05) is 0 Å². The number of hydrogen-bond donors (Lipinski definition) is 2. The predicted octanol–water partition coefficient (Wildman–Crippen LogP) is 3.18. The fourth-order valence-corrected chi connectivity index (χ4v) is 1.78. The van der Waals surface area contributed by atoms with Crippen LogP contribution in [-0.2, 0) is 0 Å². The first kappa shape index (κ1) is 13.2. The van der Waals surface area contributed by atoms with Crippen molar-refractivity contribution in [1.29, 1.82) is 0 Å². The third-order valence-corrected chi connectivity index (χ3v) is 2.82. The van der Waals surface area contributed by atoms with Gasteiger partial charge in [0, 0.05) is 16.3 Å². The second kappa shape index (κ2) is 5.63. The number of nitrogens with one attached hydrogen (secondary N) is 1. The normalized spacial score (nSPS) is 10.0. The van der Waals surface area contributed by atoms with Gasteiger partial charge in [-0.25, -0.2) is 0 Å². The molecule has 0 bridgehead atoms. The molecule has 2 rings (SSSR count). The van der Waals surface area contributed by atoms with Crippen LogP contribution in [0.15, 0.2) is 42.5 Å². The van der Waals surface area contributed by atoms with Crippen molar-refractivity contribution in [3.8, 4) is 5.75 Å². The quantitative estimate of drug-likeness (QED) is 0.846. The van der Waals surface area contributed by atoms with Crippen LogP contribution < -0.4 is 15.8 Å². The molecule has 19 heavy (non-hydrogen) atoms. The Morgan fingerprint density at radius 3 is 2.53 bits per heavy atom. The predicted molar refractivity (Wildman–Crippen MR) is 76.8 cm³/mol. The maximum atomic E-state index is 12.1. The summed E-state index contributed by atoms with van der Waals surface area (Å²) < 4.78 is 5.16. The molecule has 0 unspecified atom stereocenters. The number of nitrogen functional groups attached to an aromatic ring is 1. The first-order chi connectivity index (χ1) is 9.10. The molecule has 0 aromatic heterocycles. The Morgan fingerprint density at radius 1 is 1.21 bits per heavy atom. The summed E-state index contributed by atoms with van der Waals surface area (Å²) in [6.07, 6.45) is 0. The Labute approximate surface area is 116 Å². The Bertz CT molecular complexity index is 597. The number of ether oxygens (including phenoxy) is 1. The van der Waals surface area contributed by atoms with E-state index in [9.17, 15) is 4.79 Å². The zero-order chi connectivity index (χ0) is 13.8. The van der Waals surface area contributed by atoms with E-state index in [4.69, 9.17) is 22.1 Å². The molecular formula is C14H13ClN2O2. The number of rotatable bonds is 3. The highest BCUT2D eigenvalue weighted by atomic mass is 35.5. The first-order valence-corrected chi connectivity index (χ1v) is 5.98. The summed E-state index contributed by atoms with van der Waals surface area (Å²) in [5, 5.41) is 3.27. The van der Waals surface area contributed by atoms with Gasteiger partial charge in [0.15, 0.2) is 0 Å². The van der Waals surface area contributed by atoms with Crippen LogP contribution in [0.25, 0.3) is 0 Å². The van der Waals surface area contributed by atoms with Crippen molar-refractivity contribution in [3.05, 3.63) is 53.1 Å². The Morgan fingerprint density at radius 2 is 1.89 bits per heavy atom. The number of methoxy groups -OCH3 is 1. The fourth-order valence-electron chi connectivity index (χ4n) is 1.61. The maximum Gasteiger partial charge on any atom is 0.255 e. The number of anilines is 2. The van der Waals surface area contributed by atoms with E-state index >= 15 is 0 Å². The minimum atomic E-state index is -0.249. The lowest BCUT2D eigenvalue weighted by Gasteiger charge is -2.10. The third-order valence-electron chi connectivity index (χ3n) is 2.58. The number of hydrogen-bond acceptors (Lipinski definition) is 3. The van der Waals surface area contributed by atoms with E-state index in [1.165, 1.54) is 7.11 Å². The standard InChI is InChI=1S/C14H13ClN2O2/c1-19-13-7-4-10(15)8-12(13)17-14(18)9-2-5-11(16)6-3-9/h2-8H,16H2,1H3,(H,17,18). The van der Waals surface area contributed by atoms with E-state index in [1.54, 1.807) is 42.5 Å². The maximum absolute atomic E-state index is 12.1. The van der Waals surface area contributed by atoms with E-state index in [2.05, 4.69) is 5.32 Å². The molecule has 0 aliphatic rings. The number of amides is 1. The highest BCUT2D eigenvalue weighted by molar-refractivity contribution is 6.31. The van der Waals surface area contributed by atoms with Crippen LogP contribution in [0.4, 0.5) is 11.4 Å². The van der Waals surface area contributed by atoms with Gasteiger partial charge in [0.05, 0.1) is 12.8 Å². The van der Waals surface area contributed by atoms with Crippen molar-refractivity contribution in [3.63, 3.8) is 0 Å². The topological polar surface area (TPSA) is 64.3 Å². The molecule has 2 aromatic carbocycles. The minimum absolute atomic E-state index is 0.249. The Kier molecular flexibility index (Phi) is 3.92. The first-order valence-electron chi connectivity index (χ1n) is 5.60. The Balaban J connectivity index is 2.23. The molecule has 4 nitrogen and oxygen atoms in total. The highest BCUT2D eigenvalue weighted by Gasteiger charge is 2.10. The van der Waals surface area contributed by atoms with Gasteiger partial charge in [-0.05, 0) is 42.5 Å². The fraction of sp³-hybridized carbons (Fsp3) is 0.0714. The summed E-state index contributed by atoms with van der Waals surface area (Å²) in [5.74, 6) is 0.300. The van der Waals surface area contributed by atoms with Crippen molar-refractivity contribution < 1.29 is 9.53 Å². The molecular weight excluding hydrogens is 264 g/mol. The summed E-state index contributed by atoms with van der Waals surface area (Å²) in [6, 6.07) is 11.7. The monoisotopic (exact) mass is 276 g/mol. The van der Waals surface area contributed by atoms with Gasteiger partial charge in [-0.1, -0.05) is 11.6 Å².